The van der Waals surface area contributed by atoms with Crippen molar-refractivity contribution in [3.63, 3.8) is 0 Å². The van der Waals surface area contributed by atoms with Crippen molar-refractivity contribution in [1.29, 1.82) is 0 Å². The molecule has 4 heteroatoms. The first kappa shape index (κ1) is 12.6. The Hall–Kier alpha value is -0.840. The summed E-state index contributed by atoms with van der Waals surface area (Å²) in [5, 5.41) is 0. The molecule has 96 valence electrons. The minimum Gasteiger partial charge on any atom is -0.472 e. The van der Waals surface area contributed by atoms with Crippen molar-refractivity contribution in [3.05, 3.63) is 24.2 Å². The largest absolute Gasteiger partial charge is 0.472 e. The van der Waals surface area contributed by atoms with E-state index >= 15 is 0 Å². The fourth-order valence-electron chi connectivity index (χ4n) is 2.65. The second kappa shape index (κ2) is 5.67. The van der Waals surface area contributed by atoms with Crippen LogP contribution in [0.15, 0.2) is 23.0 Å². The number of furan rings is 1. The molecule has 0 spiro atoms. The van der Waals surface area contributed by atoms with Crippen LogP contribution in [0.2, 0.25) is 0 Å². The molecule has 4 nitrogen and oxygen atoms in total. The van der Waals surface area contributed by atoms with Crippen molar-refractivity contribution in [3.8, 4) is 0 Å². The molecule has 17 heavy (non-hydrogen) atoms. The number of nitrogens with two attached hydrogens (primary N) is 1. The average Bonchev–Trinajstić information content (AvgIpc) is 2.84. The predicted molar refractivity (Wildman–Crippen MR) is 68.8 cm³/mol. The molecular formula is C13H23N3O. The zero-order valence-electron chi connectivity index (χ0n) is 10.8. The molecular weight excluding hydrogens is 214 g/mol. The highest BCUT2D eigenvalue weighted by molar-refractivity contribution is 5.12. The lowest BCUT2D eigenvalue weighted by atomic mass is 10.0. The molecule has 0 amide bonds. The summed E-state index contributed by atoms with van der Waals surface area (Å²) >= 11 is 0. The summed E-state index contributed by atoms with van der Waals surface area (Å²) in [5.41, 5.74) is 7.12. The summed E-state index contributed by atoms with van der Waals surface area (Å²) < 4.78 is 5.17. The Morgan fingerprint density at radius 2 is 2.41 bits per heavy atom. The Balaban J connectivity index is 2.04. The SMILES string of the molecule is CN(C)C1CCCN(C(CN)c2ccoc2)C1. The van der Waals surface area contributed by atoms with E-state index in [9.17, 15) is 0 Å². The molecule has 0 saturated carbocycles. The van der Waals surface area contributed by atoms with E-state index in [1.54, 1.807) is 6.26 Å². The Morgan fingerprint density at radius 1 is 1.59 bits per heavy atom. The highest BCUT2D eigenvalue weighted by atomic mass is 16.3. The van der Waals surface area contributed by atoms with Crippen LogP contribution in [0.3, 0.4) is 0 Å². The standard InChI is InChI=1S/C13H23N3O/c1-15(2)12-4-3-6-16(9-12)13(8-14)11-5-7-17-10-11/h5,7,10,12-13H,3-4,6,8-9,14H2,1-2H3. The maximum atomic E-state index is 5.92. The first-order chi connectivity index (χ1) is 8.22. The molecule has 1 aliphatic rings. The Bertz CT molecular complexity index is 323. The van der Waals surface area contributed by atoms with Gasteiger partial charge in [-0.15, -0.1) is 0 Å². The number of hydrogen-bond acceptors (Lipinski definition) is 4. The van der Waals surface area contributed by atoms with E-state index in [2.05, 4.69) is 23.9 Å². The molecule has 2 N–H and O–H groups in total. The molecule has 2 unspecified atom stereocenters. The van der Waals surface area contributed by atoms with Crippen LogP contribution in [0.1, 0.15) is 24.4 Å². The minimum atomic E-state index is 0.302. The van der Waals surface area contributed by atoms with Crippen LogP contribution in [0, 0.1) is 0 Å². The molecule has 1 fully saturated rings. The minimum absolute atomic E-state index is 0.302. The monoisotopic (exact) mass is 237 g/mol. The molecule has 2 heterocycles. The molecule has 2 rings (SSSR count). The van der Waals surface area contributed by atoms with Crippen molar-refractivity contribution in [2.24, 2.45) is 5.73 Å². The smallest absolute Gasteiger partial charge is 0.0950 e. The van der Waals surface area contributed by atoms with Gasteiger partial charge in [-0.25, -0.2) is 0 Å². The number of likely N-dealkylation sites (tertiary alicyclic amines) is 1. The van der Waals surface area contributed by atoms with Crippen molar-refractivity contribution in [2.75, 3.05) is 33.7 Å². The number of likely N-dealkylation sites (N-methyl/N-ethyl adjacent to an activating group) is 1. The van der Waals surface area contributed by atoms with Gasteiger partial charge in [0, 0.05) is 24.7 Å². The molecule has 1 aliphatic heterocycles. The van der Waals surface area contributed by atoms with Crippen molar-refractivity contribution in [2.45, 2.75) is 24.9 Å². The van der Waals surface area contributed by atoms with Gasteiger partial charge in [0.25, 0.3) is 0 Å². The van der Waals surface area contributed by atoms with Gasteiger partial charge in [0.1, 0.15) is 0 Å². The summed E-state index contributed by atoms with van der Waals surface area (Å²) in [4.78, 5) is 4.80. The van der Waals surface area contributed by atoms with E-state index in [0.29, 0.717) is 18.6 Å². The summed E-state index contributed by atoms with van der Waals surface area (Å²) in [6.07, 6.45) is 6.07. The topological polar surface area (TPSA) is 45.6 Å². The third-order valence-electron chi connectivity index (χ3n) is 3.75. The first-order valence-electron chi connectivity index (χ1n) is 6.35. The van der Waals surface area contributed by atoms with Gasteiger partial charge in [-0.3, -0.25) is 4.90 Å². The van der Waals surface area contributed by atoms with Crippen molar-refractivity contribution >= 4 is 0 Å². The zero-order valence-corrected chi connectivity index (χ0v) is 10.8. The maximum absolute atomic E-state index is 5.92. The van der Waals surface area contributed by atoms with Gasteiger partial charge in [-0.05, 0) is 39.5 Å². The van der Waals surface area contributed by atoms with E-state index < -0.39 is 0 Å². The normalized spacial score (nSPS) is 24.1. The van der Waals surface area contributed by atoms with Crippen molar-refractivity contribution in [1.82, 2.24) is 9.80 Å². The average molecular weight is 237 g/mol. The molecule has 1 saturated heterocycles. The van der Waals surface area contributed by atoms with Gasteiger partial charge in [0.2, 0.25) is 0 Å². The second-order valence-corrected chi connectivity index (χ2v) is 5.06. The molecule has 0 aromatic carbocycles. The van der Waals surface area contributed by atoms with E-state index in [1.807, 2.05) is 12.3 Å². The van der Waals surface area contributed by atoms with E-state index in [4.69, 9.17) is 10.2 Å². The molecule has 0 radical (unpaired) electrons. The van der Waals surface area contributed by atoms with Crippen LogP contribution >= 0.6 is 0 Å². The van der Waals surface area contributed by atoms with Gasteiger partial charge in [-0.2, -0.15) is 0 Å². The molecule has 1 aromatic rings. The fourth-order valence-corrected chi connectivity index (χ4v) is 2.65. The number of nitrogens with zero attached hydrogens (tertiary/aromatic N) is 2. The van der Waals surface area contributed by atoms with Crippen LogP contribution in [0.5, 0.6) is 0 Å². The van der Waals surface area contributed by atoms with E-state index in [-0.39, 0.29) is 0 Å². The van der Waals surface area contributed by atoms with Crippen LogP contribution in [0.4, 0.5) is 0 Å². The van der Waals surface area contributed by atoms with Gasteiger partial charge >= 0.3 is 0 Å². The fraction of sp³-hybridized carbons (Fsp3) is 0.692. The van der Waals surface area contributed by atoms with Crippen LogP contribution in [-0.4, -0.2) is 49.6 Å². The van der Waals surface area contributed by atoms with Crippen LogP contribution in [0.25, 0.3) is 0 Å². The summed E-state index contributed by atoms with van der Waals surface area (Å²) in [7, 11) is 4.31. The van der Waals surface area contributed by atoms with Crippen molar-refractivity contribution < 1.29 is 4.42 Å². The zero-order chi connectivity index (χ0) is 12.3. The Labute approximate surface area is 103 Å². The quantitative estimate of drug-likeness (QED) is 0.857. The second-order valence-electron chi connectivity index (χ2n) is 5.06. The lowest BCUT2D eigenvalue weighted by Crippen LogP contribution is -2.47. The summed E-state index contributed by atoms with van der Waals surface area (Å²) in [6.45, 7) is 2.89. The third kappa shape index (κ3) is 2.89. The van der Waals surface area contributed by atoms with Crippen LogP contribution in [-0.2, 0) is 0 Å². The van der Waals surface area contributed by atoms with Gasteiger partial charge in [0.05, 0.1) is 18.6 Å². The molecule has 0 bridgehead atoms. The summed E-state index contributed by atoms with van der Waals surface area (Å²) in [5.74, 6) is 0. The highest BCUT2D eigenvalue weighted by Crippen LogP contribution is 2.25. The Kier molecular flexibility index (Phi) is 4.20. The molecule has 1 aromatic heterocycles. The number of piperidine rings is 1. The third-order valence-corrected chi connectivity index (χ3v) is 3.75. The first-order valence-corrected chi connectivity index (χ1v) is 6.35. The summed E-state index contributed by atoms with van der Waals surface area (Å²) in [6, 6.07) is 2.97. The van der Waals surface area contributed by atoms with E-state index in [1.165, 1.54) is 18.4 Å². The van der Waals surface area contributed by atoms with E-state index in [0.717, 1.165) is 13.1 Å². The molecule has 0 aliphatic carbocycles. The number of rotatable bonds is 4. The molecule has 2 atom stereocenters. The lowest BCUT2D eigenvalue weighted by molar-refractivity contribution is 0.0982. The van der Waals surface area contributed by atoms with Crippen LogP contribution < -0.4 is 5.73 Å². The van der Waals surface area contributed by atoms with Gasteiger partial charge in [0.15, 0.2) is 0 Å². The van der Waals surface area contributed by atoms with Gasteiger partial charge < -0.3 is 15.1 Å². The highest BCUT2D eigenvalue weighted by Gasteiger charge is 2.27. The number of hydrogen-bond donors (Lipinski definition) is 1. The predicted octanol–water partition coefficient (Wildman–Crippen LogP) is 1.31. The Morgan fingerprint density at radius 3 is 3.00 bits per heavy atom. The lowest BCUT2D eigenvalue weighted by Gasteiger charge is -2.39. The maximum Gasteiger partial charge on any atom is 0.0950 e. The van der Waals surface area contributed by atoms with Gasteiger partial charge in [-0.1, -0.05) is 0 Å².